The van der Waals surface area contributed by atoms with E-state index in [1.807, 2.05) is 0 Å². The Hall–Kier alpha value is -1.65. The lowest BCUT2D eigenvalue weighted by atomic mass is 10.1. The molecule has 14 heavy (non-hydrogen) atoms. The molecule has 0 aromatic rings. The molecule has 0 radical (unpaired) electrons. The Bertz CT molecular complexity index is 369. The standard InChI is InChI=1S/C9H9NO4/c1-4(11)14-6-3-2-5-7(6)9(13)10-8(5)12/h6H,2-3H2,1H3,(H,10,12,13)/t6-/m1/s1. The summed E-state index contributed by atoms with van der Waals surface area (Å²) in [5.74, 6) is -1.20. The molecule has 0 saturated heterocycles. The van der Waals surface area contributed by atoms with Crippen LogP contribution in [0.25, 0.3) is 0 Å². The van der Waals surface area contributed by atoms with Crippen LogP contribution in [0.2, 0.25) is 0 Å². The van der Waals surface area contributed by atoms with Crippen molar-refractivity contribution in [2.24, 2.45) is 0 Å². The van der Waals surface area contributed by atoms with Gasteiger partial charge in [-0.2, -0.15) is 0 Å². The molecule has 0 aromatic heterocycles. The van der Waals surface area contributed by atoms with E-state index in [4.69, 9.17) is 4.74 Å². The lowest BCUT2D eigenvalue weighted by molar-refractivity contribution is -0.144. The van der Waals surface area contributed by atoms with Gasteiger partial charge in [0.05, 0.1) is 5.57 Å². The first-order chi connectivity index (χ1) is 6.59. The lowest BCUT2D eigenvalue weighted by Gasteiger charge is -2.11. The molecule has 5 heteroatoms. The van der Waals surface area contributed by atoms with Gasteiger partial charge in [0.25, 0.3) is 11.8 Å². The minimum atomic E-state index is -0.533. The van der Waals surface area contributed by atoms with Crippen molar-refractivity contribution >= 4 is 17.8 Å². The molecule has 1 aliphatic carbocycles. The molecule has 2 rings (SSSR count). The zero-order valence-corrected chi connectivity index (χ0v) is 7.62. The molecule has 1 atom stereocenters. The number of carbonyl (C=O) groups excluding carboxylic acids is 3. The van der Waals surface area contributed by atoms with Gasteiger partial charge in [0.2, 0.25) is 0 Å². The van der Waals surface area contributed by atoms with Gasteiger partial charge >= 0.3 is 5.97 Å². The van der Waals surface area contributed by atoms with E-state index in [2.05, 4.69) is 5.32 Å². The molecule has 0 fully saturated rings. The van der Waals surface area contributed by atoms with Crippen molar-refractivity contribution in [3.05, 3.63) is 11.1 Å². The molecule has 0 saturated carbocycles. The Morgan fingerprint density at radius 2 is 2.14 bits per heavy atom. The zero-order chi connectivity index (χ0) is 10.3. The minimum absolute atomic E-state index is 0.338. The lowest BCUT2D eigenvalue weighted by Crippen LogP contribution is -2.29. The highest BCUT2D eigenvalue weighted by molar-refractivity contribution is 6.20. The van der Waals surface area contributed by atoms with Crippen molar-refractivity contribution in [2.75, 3.05) is 0 Å². The smallest absolute Gasteiger partial charge is 0.303 e. The molecule has 0 aromatic carbocycles. The van der Waals surface area contributed by atoms with Gasteiger partial charge in [-0.3, -0.25) is 19.7 Å². The molecule has 0 bridgehead atoms. The van der Waals surface area contributed by atoms with E-state index < -0.39 is 18.0 Å². The number of hydrogen-bond acceptors (Lipinski definition) is 4. The summed E-state index contributed by atoms with van der Waals surface area (Å²) < 4.78 is 4.93. The molecule has 1 N–H and O–H groups in total. The van der Waals surface area contributed by atoms with Crippen molar-refractivity contribution in [3.63, 3.8) is 0 Å². The largest absolute Gasteiger partial charge is 0.457 e. The van der Waals surface area contributed by atoms with E-state index in [1.54, 1.807) is 0 Å². The summed E-state index contributed by atoms with van der Waals surface area (Å²) in [5.41, 5.74) is 0.812. The summed E-state index contributed by atoms with van der Waals surface area (Å²) in [6.45, 7) is 1.28. The first-order valence-corrected chi connectivity index (χ1v) is 4.35. The van der Waals surface area contributed by atoms with E-state index >= 15 is 0 Å². The fourth-order valence-corrected chi connectivity index (χ4v) is 1.83. The van der Waals surface area contributed by atoms with E-state index in [0.717, 1.165) is 0 Å². The van der Waals surface area contributed by atoms with Crippen LogP contribution >= 0.6 is 0 Å². The molecular weight excluding hydrogens is 186 g/mol. The minimum Gasteiger partial charge on any atom is -0.457 e. The van der Waals surface area contributed by atoms with Gasteiger partial charge < -0.3 is 4.74 Å². The second-order valence-corrected chi connectivity index (χ2v) is 3.31. The monoisotopic (exact) mass is 195 g/mol. The van der Waals surface area contributed by atoms with Gasteiger partial charge in [0.1, 0.15) is 6.10 Å². The van der Waals surface area contributed by atoms with Gasteiger partial charge in [0, 0.05) is 12.5 Å². The fourth-order valence-electron chi connectivity index (χ4n) is 1.83. The summed E-state index contributed by atoms with van der Waals surface area (Å²) in [6, 6.07) is 0. The third-order valence-electron chi connectivity index (χ3n) is 2.36. The van der Waals surface area contributed by atoms with Crippen molar-refractivity contribution in [1.29, 1.82) is 0 Å². The van der Waals surface area contributed by atoms with Gasteiger partial charge in [0.15, 0.2) is 0 Å². The fraction of sp³-hybridized carbons (Fsp3) is 0.444. The summed E-state index contributed by atoms with van der Waals surface area (Å²) >= 11 is 0. The zero-order valence-electron chi connectivity index (χ0n) is 7.62. The van der Waals surface area contributed by atoms with E-state index in [9.17, 15) is 14.4 Å². The summed E-state index contributed by atoms with van der Waals surface area (Å²) in [5, 5.41) is 2.18. The Balaban J connectivity index is 2.25. The first-order valence-electron chi connectivity index (χ1n) is 4.35. The SMILES string of the molecule is CC(=O)O[C@@H]1CCC2=C1C(=O)NC2=O. The van der Waals surface area contributed by atoms with Crippen LogP contribution in [0.1, 0.15) is 19.8 Å². The first kappa shape index (κ1) is 8.93. The second kappa shape index (κ2) is 2.94. The number of rotatable bonds is 1. The van der Waals surface area contributed by atoms with Crippen LogP contribution in [-0.2, 0) is 19.1 Å². The summed E-state index contributed by atoms with van der Waals surface area (Å²) in [6.07, 6.45) is 0.503. The van der Waals surface area contributed by atoms with Gasteiger partial charge in [-0.05, 0) is 12.8 Å². The topological polar surface area (TPSA) is 72.5 Å². The van der Waals surface area contributed by atoms with Gasteiger partial charge in [-0.1, -0.05) is 0 Å². The van der Waals surface area contributed by atoms with Crippen molar-refractivity contribution in [3.8, 4) is 0 Å². The van der Waals surface area contributed by atoms with E-state index in [-0.39, 0.29) is 5.91 Å². The summed E-state index contributed by atoms with van der Waals surface area (Å²) in [4.78, 5) is 33.2. The Labute approximate surface area is 80.1 Å². The van der Waals surface area contributed by atoms with Crippen molar-refractivity contribution in [2.45, 2.75) is 25.9 Å². The maximum Gasteiger partial charge on any atom is 0.303 e. The van der Waals surface area contributed by atoms with Crippen molar-refractivity contribution in [1.82, 2.24) is 5.32 Å². The highest BCUT2D eigenvalue weighted by Gasteiger charge is 2.41. The van der Waals surface area contributed by atoms with E-state index in [1.165, 1.54) is 6.92 Å². The quantitative estimate of drug-likeness (QED) is 0.459. The number of imide groups is 1. The Morgan fingerprint density at radius 3 is 2.79 bits per heavy atom. The molecule has 74 valence electrons. The van der Waals surface area contributed by atoms with Gasteiger partial charge in [-0.15, -0.1) is 0 Å². The third kappa shape index (κ3) is 1.21. The molecule has 0 unspecified atom stereocenters. The predicted molar refractivity (Wildman–Crippen MR) is 45.0 cm³/mol. The molecule has 1 heterocycles. The van der Waals surface area contributed by atoms with Crippen molar-refractivity contribution < 1.29 is 19.1 Å². The van der Waals surface area contributed by atoms with Crippen LogP contribution in [0.5, 0.6) is 0 Å². The number of esters is 1. The highest BCUT2D eigenvalue weighted by atomic mass is 16.5. The third-order valence-corrected chi connectivity index (χ3v) is 2.36. The molecular formula is C9H9NO4. The predicted octanol–water partition coefficient (Wildman–Crippen LogP) is -0.335. The average Bonchev–Trinajstić information content (AvgIpc) is 2.56. The number of carbonyl (C=O) groups is 3. The van der Waals surface area contributed by atoms with Crippen LogP contribution in [0.15, 0.2) is 11.1 Å². The number of ether oxygens (including phenoxy) is 1. The highest BCUT2D eigenvalue weighted by Crippen LogP contribution is 2.32. The summed E-state index contributed by atoms with van der Waals surface area (Å²) in [7, 11) is 0. The van der Waals surface area contributed by atoms with Crippen LogP contribution in [-0.4, -0.2) is 23.9 Å². The molecule has 0 spiro atoms. The molecule has 2 amide bonds. The maximum atomic E-state index is 11.3. The van der Waals surface area contributed by atoms with E-state index in [0.29, 0.717) is 24.0 Å². The number of hydrogen-bond donors (Lipinski definition) is 1. The molecule has 2 aliphatic rings. The van der Waals surface area contributed by atoms with Crippen LogP contribution in [0.3, 0.4) is 0 Å². The molecule has 5 nitrogen and oxygen atoms in total. The van der Waals surface area contributed by atoms with Crippen LogP contribution in [0.4, 0.5) is 0 Å². The average molecular weight is 195 g/mol. The van der Waals surface area contributed by atoms with Gasteiger partial charge in [-0.25, -0.2) is 0 Å². The maximum absolute atomic E-state index is 11.3. The molecule has 1 aliphatic heterocycles. The number of nitrogens with one attached hydrogen (secondary N) is 1. The van der Waals surface area contributed by atoms with Crippen LogP contribution < -0.4 is 5.32 Å². The van der Waals surface area contributed by atoms with Crippen LogP contribution in [0, 0.1) is 0 Å². The Morgan fingerprint density at radius 1 is 1.43 bits per heavy atom. The Kier molecular flexibility index (Phi) is 1.87. The second-order valence-electron chi connectivity index (χ2n) is 3.31. The number of amides is 2. The normalized spacial score (nSPS) is 25.1.